The van der Waals surface area contributed by atoms with Crippen LogP contribution < -0.4 is 11.1 Å². The van der Waals surface area contributed by atoms with Gasteiger partial charge in [-0.2, -0.15) is 0 Å². The summed E-state index contributed by atoms with van der Waals surface area (Å²) in [6.45, 7) is 4.29. The number of hydrogen-bond acceptors (Lipinski definition) is 2. The van der Waals surface area contributed by atoms with Crippen molar-refractivity contribution in [3.05, 3.63) is 35.9 Å². The van der Waals surface area contributed by atoms with Crippen LogP contribution in [0.3, 0.4) is 0 Å². The number of hydrogen-bond donors (Lipinski definition) is 2. The van der Waals surface area contributed by atoms with Crippen LogP contribution >= 0.6 is 12.2 Å². The Balaban J connectivity index is 2.00. The average Bonchev–Trinajstić information content (AvgIpc) is 2.94. The van der Waals surface area contributed by atoms with Gasteiger partial charge in [0.05, 0.1) is 10.9 Å². The summed E-state index contributed by atoms with van der Waals surface area (Å²) >= 11 is 5.04. The van der Waals surface area contributed by atoms with Gasteiger partial charge in [-0.05, 0) is 23.8 Å². The van der Waals surface area contributed by atoms with Crippen LogP contribution in [-0.2, 0) is 11.2 Å². The quantitative estimate of drug-likeness (QED) is 0.809. The second-order valence-corrected chi connectivity index (χ2v) is 6.37. The first-order chi connectivity index (χ1) is 8.90. The maximum atomic E-state index is 12.2. The molecular weight excluding hydrogens is 256 g/mol. The van der Waals surface area contributed by atoms with E-state index < -0.39 is 5.92 Å². The highest BCUT2D eigenvalue weighted by Crippen LogP contribution is 2.44. The third-order valence-electron chi connectivity index (χ3n) is 3.77. The van der Waals surface area contributed by atoms with Crippen molar-refractivity contribution in [3.8, 4) is 0 Å². The van der Waals surface area contributed by atoms with E-state index in [4.69, 9.17) is 18.0 Å². The van der Waals surface area contributed by atoms with Gasteiger partial charge < -0.3 is 11.1 Å². The van der Waals surface area contributed by atoms with Crippen molar-refractivity contribution in [3.63, 3.8) is 0 Å². The molecule has 1 aromatic carbocycles. The normalized spacial score (nSPS) is 21.5. The topological polar surface area (TPSA) is 55.1 Å². The second-order valence-electron chi connectivity index (χ2n) is 5.90. The number of carbonyl (C=O) groups is 1. The molecule has 0 aromatic heterocycles. The van der Waals surface area contributed by atoms with Gasteiger partial charge in [-0.1, -0.05) is 56.4 Å². The molecule has 19 heavy (non-hydrogen) atoms. The summed E-state index contributed by atoms with van der Waals surface area (Å²) in [5, 5.41) is 3.04. The van der Waals surface area contributed by atoms with E-state index in [1.54, 1.807) is 0 Å². The molecule has 0 spiro atoms. The summed E-state index contributed by atoms with van der Waals surface area (Å²) < 4.78 is 0. The number of rotatable bonds is 5. The average molecular weight is 276 g/mol. The molecule has 0 aliphatic heterocycles. The van der Waals surface area contributed by atoms with E-state index in [2.05, 4.69) is 19.2 Å². The SMILES string of the molecule is CC1(C)CC1NC(=O)C(Cc1ccccc1)C(N)=S. The summed E-state index contributed by atoms with van der Waals surface area (Å²) in [7, 11) is 0. The molecule has 0 saturated heterocycles. The molecule has 1 fully saturated rings. The van der Waals surface area contributed by atoms with Crippen LogP contribution in [0.2, 0.25) is 0 Å². The van der Waals surface area contributed by atoms with Crippen molar-refractivity contribution in [1.82, 2.24) is 5.32 Å². The molecule has 2 atom stereocenters. The lowest BCUT2D eigenvalue weighted by Crippen LogP contribution is -2.41. The molecule has 2 unspecified atom stereocenters. The van der Waals surface area contributed by atoms with Crippen LogP contribution in [0.5, 0.6) is 0 Å². The first-order valence-electron chi connectivity index (χ1n) is 6.54. The van der Waals surface area contributed by atoms with Crippen molar-refractivity contribution in [2.24, 2.45) is 17.1 Å². The Bertz CT molecular complexity index is 484. The lowest BCUT2D eigenvalue weighted by Gasteiger charge is -2.16. The third kappa shape index (κ3) is 3.53. The van der Waals surface area contributed by atoms with Crippen molar-refractivity contribution in [2.45, 2.75) is 32.7 Å². The Hall–Kier alpha value is -1.42. The smallest absolute Gasteiger partial charge is 0.230 e. The van der Waals surface area contributed by atoms with E-state index in [-0.39, 0.29) is 22.4 Å². The largest absolute Gasteiger partial charge is 0.393 e. The highest BCUT2D eigenvalue weighted by atomic mass is 32.1. The molecule has 0 heterocycles. The molecule has 0 bridgehead atoms. The molecular formula is C15H20N2OS. The summed E-state index contributed by atoms with van der Waals surface area (Å²) in [5.41, 5.74) is 7.01. The van der Waals surface area contributed by atoms with Gasteiger partial charge in [0.2, 0.25) is 5.91 Å². The molecule has 1 aromatic rings. The first-order valence-corrected chi connectivity index (χ1v) is 6.94. The zero-order chi connectivity index (χ0) is 14.0. The van der Waals surface area contributed by atoms with Gasteiger partial charge in [0, 0.05) is 6.04 Å². The maximum absolute atomic E-state index is 12.2. The second kappa shape index (κ2) is 5.29. The minimum absolute atomic E-state index is 0.0491. The minimum atomic E-state index is -0.422. The Kier molecular flexibility index (Phi) is 3.90. The predicted molar refractivity (Wildman–Crippen MR) is 80.8 cm³/mol. The maximum Gasteiger partial charge on any atom is 0.230 e. The van der Waals surface area contributed by atoms with Crippen molar-refractivity contribution in [1.29, 1.82) is 0 Å². The van der Waals surface area contributed by atoms with Crippen molar-refractivity contribution in [2.75, 3.05) is 0 Å². The Morgan fingerprint density at radius 3 is 2.53 bits per heavy atom. The number of thiocarbonyl (C=S) groups is 1. The molecule has 0 radical (unpaired) electrons. The Morgan fingerprint density at radius 2 is 2.05 bits per heavy atom. The lowest BCUT2D eigenvalue weighted by molar-refractivity contribution is -0.123. The van der Waals surface area contributed by atoms with Gasteiger partial charge in [0.15, 0.2) is 0 Å². The van der Waals surface area contributed by atoms with E-state index in [9.17, 15) is 4.79 Å². The van der Waals surface area contributed by atoms with Gasteiger partial charge in [0.25, 0.3) is 0 Å². The van der Waals surface area contributed by atoms with E-state index in [1.165, 1.54) is 0 Å². The van der Waals surface area contributed by atoms with Gasteiger partial charge in [-0.25, -0.2) is 0 Å². The molecule has 3 nitrogen and oxygen atoms in total. The summed E-state index contributed by atoms with van der Waals surface area (Å²) in [6.07, 6.45) is 1.59. The van der Waals surface area contributed by atoms with Crippen LogP contribution in [0.15, 0.2) is 30.3 Å². The molecule has 2 rings (SSSR count). The predicted octanol–water partition coefficient (Wildman–Crippen LogP) is 2.05. The van der Waals surface area contributed by atoms with Gasteiger partial charge in [-0.15, -0.1) is 0 Å². The number of nitrogens with two attached hydrogens (primary N) is 1. The van der Waals surface area contributed by atoms with Crippen LogP contribution in [0, 0.1) is 11.3 Å². The van der Waals surface area contributed by atoms with E-state index in [0.717, 1.165) is 12.0 Å². The Morgan fingerprint density at radius 1 is 1.47 bits per heavy atom. The fourth-order valence-electron chi connectivity index (χ4n) is 2.16. The van der Waals surface area contributed by atoms with Crippen LogP contribution in [0.25, 0.3) is 0 Å². The summed E-state index contributed by atoms with van der Waals surface area (Å²) in [6, 6.07) is 10.1. The summed E-state index contributed by atoms with van der Waals surface area (Å²) in [5.74, 6) is -0.472. The number of benzene rings is 1. The van der Waals surface area contributed by atoms with Crippen LogP contribution in [0.4, 0.5) is 0 Å². The van der Waals surface area contributed by atoms with Gasteiger partial charge >= 0.3 is 0 Å². The molecule has 3 N–H and O–H groups in total. The van der Waals surface area contributed by atoms with E-state index >= 15 is 0 Å². The molecule has 1 aliphatic rings. The van der Waals surface area contributed by atoms with Crippen molar-refractivity contribution >= 4 is 23.1 Å². The monoisotopic (exact) mass is 276 g/mol. The van der Waals surface area contributed by atoms with E-state index in [1.807, 2.05) is 30.3 Å². The standard InChI is InChI=1S/C15H20N2OS/c1-15(2)9-12(15)17-14(18)11(13(16)19)8-10-6-4-3-5-7-10/h3-7,11-12H,8-9H2,1-2H3,(H2,16,19)(H,17,18). The molecule has 1 aliphatic carbocycles. The molecule has 4 heteroatoms. The number of carbonyl (C=O) groups excluding carboxylic acids is 1. The van der Waals surface area contributed by atoms with Gasteiger partial charge in [0.1, 0.15) is 0 Å². The fraction of sp³-hybridized carbons (Fsp3) is 0.467. The molecule has 1 amide bonds. The number of amides is 1. The highest BCUT2D eigenvalue weighted by molar-refractivity contribution is 7.80. The zero-order valence-electron chi connectivity index (χ0n) is 11.3. The van der Waals surface area contributed by atoms with Gasteiger partial charge in [-0.3, -0.25) is 4.79 Å². The fourth-order valence-corrected chi connectivity index (χ4v) is 2.35. The number of nitrogens with one attached hydrogen (secondary N) is 1. The van der Waals surface area contributed by atoms with E-state index in [0.29, 0.717) is 6.42 Å². The van der Waals surface area contributed by atoms with Crippen molar-refractivity contribution < 1.29 is 4.79 Å². The zero-order valence-corrected chi connectivity index (χ0v) is 12.2. The molecule has 1 saturated carbocycles. The van der Waals surface area contributed by atoms with Crippen LogP contribution in [0.1, 0.15) is 25.8 Å². The first kappa shape index (κ1) is 14.0. The minimum Gasteiger partial charge on any atom is -0.393 e. The highest BCUT2D eigenvalue weighted by Gasteiger charge is 2.47. The molecule has 102 valence electrons. The Labute approximate surface area is 119 Å². The lowest BCUT2D eigenvalue weighted by atomic mass is 9.98. The summed E-state index contributed by atoms with van der Waals surface area (Å²) in [4.78, 5) is 12.5. The van der Waals surface area contributed by atoms with Crippen LogP contribution in [-0.4, -0.2) is 16.9 Å². The third-order valence-corrected chi connectivity index (χ3v) is 4.06.